The molecular weight excluding hydrogens is 373 g/mol. The molecule has 0 saturated carbocycles. The van der Waals surface area contributed by atoms with Crippen molar-refractivity contribution in [1.82, 2.24) is 0 Å². The van der Waals surface area contributed by atoms with E-state index in [1.165, 1.54) is 29.2 Å². The maximum Gasteiger partial charge on any atom is 0.264 e. The van der Waals surface area contributed by atoms with Gasteiger partial charge < -0.3 is 15.1 Å². The number of aliphatic hydroxyl groups is 1. The molecule has 29 heavy (non-hydrogen) atoms. The molecule has 3 aromatic rings. The van der Waals surface area contributed by atoms with Crippen molar-refractivity contribution in [2.45, 2.75) is 18.6 Å². The van der Waals surface area contributed by atoms with E-state index in [9.17, 15) is 24.2 Å². The molecule has 2 N–H and O–H groups in total. The molecule has 0 bridgehead atoms. The number of phenols is 1. The molecule has 1 amide bonds. The number of rotatable bonds is 5. The van der Waals surface area contributed by atoms with E-state index in [1.807, 2.05) is 0 Å². The number of anilines is 1. The SMILES string of the molecule is O=C(C[C@]1(O)C(=O)N(Cc2ccc(F)cc2)c2ccccc21)c1ccccc1O. The molecule has 1 atom stereocenters. The Bertz CT molecular complexity index is 1100. The molecular formula is C23H18FNO4. The summed E-state index contributed by atoms with van der Waals surface area (Å²) in [5.74, 6) is -1.76. The topological polar surface area (TPSA) is 77.8 Å². The van der Waals surface area contributed by atoms with Crippen LogP contribution in [0.3, 0.4) is 0 Å². The number of ketones is 1. The van der Waals surface area contributed by atoms with Crippen molar-refractivity contribution in [2.75, 3.05) is 4.90 Å². The summed E-state index contributed by atoms with van der Waals surface area (Å²) in [4.78, 5) is 27.3. The fourth-order valence-electron chi connectivity index (χ4n) is 3.64. The standard InChI is InChI=1S/C23H18FNO4/c24-16-11-9-15(10-12-16)14-25-19-7-3-2-6-18(19)23(29,22(25)28)13-21(27)17-5-1-4-8-20(17)26/h1-12,26,29H,13-14H2/t23-/m1/s1. The van der Waals surface area contributed by atoms with E-state index in [2.05, 4.69) is 0 Å². The van der Waals surface area contributed by atoms with Crippen molar-refractivity contribution in [3.05, 3.63) is 95.3 Å². The van der Waals surface area contributed by atoms with Crippen LogP contribution < -0.4 is 4.90 Å². The average Bonchev–Trinajstić information content (AvgIpc) is 2.92. The summed E-state index contributed by atoms with van der Waals surface area (Å²) >= 11 is 0. The van der Waals surface area contributed by atoms with Crippen molar-refractivity contribution in [2.24, 2.45) is 0 Å². The number of para-hydroxylation sites is 2. The predicted octanol–water partition coefficient (Wildman–Crippen LogP) is 3.54. The average molecular weight is 391 g/mol. The molecule has 5 nitrogen and oxygen atoms in total. The second-order valence-electron chi connectivity index (χ2n) is 7.01. The van der Waals surface area contributed by atoms with Crippen LogP contribution in [0.4, 0.5) is 10.1 Å². The molecule has 0 radical (unpaired) electrons. The van der Waals surface area contributed by atoms with Gasteiger partial charge in [-0.25, -0.2) is 4.39 Å². The van der Waals surface area contributed by atoms with Crippen LogP contribution >= 0.6 is 0 Å². The van der Waals surface area contributed by atoms with Gasteiger partial charge in [0.1, 0.15) is 11.6 Å². The quantitative estimate of drug-likeness (QED) is 0.652. The van der Waals surface area contributed by atoms with E-state index in [1.54, 1.807) is 48.5 Å². The Hall–Kier alpha value is -3.51. The highest BCUT2D eigenvalue weighted by Crippen LogP contribution is 2.43. The van der Waals surface area contributed by atoms with Gasteiger partial charge in [0.2, 0.25) is 0 Å². The smallest absolute Gasteiger partial charge is 0.264 e. The van der Waals surface area contributed by atoms with E-state index in [0.717, 1.165) is 0 Å². The van der Waals surface area contributed by atoms with Gasteiger partial charge in [-0.1, -0.05) is 42.5 Å². The number of carbonyl (C=O) groups excluding carboxylic acids is 2. The van der Waals surface area contributed by atoms with Crippen LogP contribution in [-0.2, 0) is 16.9 Å². The fraction of sp³-hybridized carbons (Fsp3) is 0.130. The molecule has 0 saturated heterocycles. The Labute approximate surface area is 166 Å². The molecule has 0 fully saturated rings. The molecule has 0 unspecified atom stereocenters. The van der Waals surface area contributed by atoms with Gasteiger partial charge in [-0.3, -0.25) is 9.59 Å². The van der Waals surface area contributed by atoms with E-state index in [0.29, 0.717) is 16.8 Å². The van der Waals surface area contributed by atoms with Gasteiger partial charge in [0.25, 0.3) is 5.91 Å². The molecule has 3 aromatic carbocycles. The van der Waals surface area contributed by atoms with Gasteiger partial charge in [-0.15, -0.1) is 0 Å². The molecule has 0 aliphatic carbocycles. The second-order valence-corrected chi connectivity index (χ2v) is 7.01. The summed E-state index contributed by atoms with van der Waals surface area (Å²) in [6.07, 6.45) is -0.500. The van der Waals surface area contributed by atoms with Crippen molar-refractivity contribution in [1.29, 1.82) is 0 Å². The minimum absolute atomic E-state index is 0.0446. The third-order valence-corrected chi connectivity index (χ3v) is 5.11. The van der Waals surface area contributed by atoms with Gasteiger partial charge in [0, 0.05) is 5.56 Å². The van der Waals surface area contributed by atoms with Gasteiger partial charge >= 0.3 is 0 Å². The van der Waals surface area contributed by atoms with Gasteiger partial charge in [0.05, 0.1) is 24.2 Å². The van der Waals surface area contributed by atoms with Crippen LogP contribution in [0.1, 0.15) is 27.9 Å². The second kappa shape index (κ2) is 7.14. The molecule has 6 heteroatoms. The lowest BCUT2D eigenvalue weighted by Crippen LogP contribution is -2.41. The van der Waals surface area contributed by atoms with Crippen LogP contribution in [0.2, 0.25) is 0 Å². The normalized spacial score (nSPS) is 18.0. The molecule has 1 aliphatic rings. The first-order chi connectivity index (χ1) is 13.9. The third kappa shape index (κ3) is 3.28. The lowest BCUT2D eigenvalue weighted by molar-refractivity contribution is -0.136. The van der Waals surface area contributed by atoms with Crippen LogP contribution in [0.5, 0.6) is 5.75 Å². The van der Waals surface area contributed by atoms with E-state index in [4.69, 9.17) is 0 Å². The number of fused-ring (bicyclic) bond motifs is 1. The summed E-state index contributed by atoms with van der Waals surface area (Å²) in [6, 6.07) is 18.5. The zero-order valence-electron chi connectivity index (χ0n) is 15.4. The van der Waals surface area contributed by atoms with Crippen molar-refractivity contribution in [3.63, 3.8) is 0 Å². The van der Waals surface area contributed by atoms with Crippen LogP contribution in [0.25, 0.3) is 0 Å². The van der Waals surface area contributed by atoms with Gasteiger partial charge in [-0.2, -0.15) is 0 Å². The first kappa shape index (κ1) is 18.8. The first-order valence-electron chi connectivity index (χ1n) is 9.09. The van der Waals surface area contributed by atoms with E-state index in [-0.39, 0.29) is 23.7 Å². The molecule has 146 valence electrons. The summed E-state index contributed by atoms with van der Waals surface area (Å²) in [5.41, 5.74) is -0.491. The highest BCUT2D eigenvalue weighted by Gasteiger charge is 2.50. The maximum absolute atomic E-state index is 13.2. The van der Waals surface area contributed by atoms with Gasteiger partial charge in [-0.05, 0) is 35.9 Å². The number of benzene rings is 3. The number of phenolic OH excluding ortho intramolecular Hbond substituents is 1. The third-order valence-electron chi connectivity index (χ3n) is 5.11. The molecule has 1 heterocycles. The Balaban J connectivity index is 1.69. The minimum atomic E-state index is -2.05. The van der Waals surface area contributed by atoms with Crippen molar-refractivity contribution >= 4 is 17.4 Å². The largest absolute Gasteiger partial charge is 0.507 e. The Morgan fingerprint density at radius 2 is 1.62 bits per heavy atom. The highest BCUT2D eigenvalue weighted by molar-refractivity contribution is 6.11. The van der Waals surface area contributed by atoms with E-state index < -0.39 is 23.7 Å². The molecule has 0 aromatic heterocycles. The number of hydrogen-bond acceptors (Lipinski definition) is 4. The highest BCUT2D eigenvalue weighted by atomic mass is 19.1. The fourth-order valence-corrected chi connectivity index (χ4v) is 3.64. The number of nitrogens with zero attached hydrogens (tertiary/aromatic N) is 1. The minimum Gasteiger partial charge on any atom is -0.507 e. The first-order valence-corrected chi connectivity index (χ1v) is 9.09. The monoisotopic (exact) mass is 391 g/mol. The zero-order chi connectivity index (χ0) is 20.6. The number of halogens is 1. The van der Waals surface area contributed by atoms with Gasteiger partial charge in [0.15, 0.2) is 11.4 Å². The van der Waals surface area contributed by atoms with Crippen molar-refractivity contribution < 1.29 is 24.2 Å². The molecule has 0 spiro atoms. The summed E-state index contributed by atoms with van der Waals surface area (Å²) in [7, 11) is 0. The molecule has 1 aliphatic heterocycles. The number of Topliss-reactive ketones (excluding diaryl/α,β-unsaturated/α-hetero) is 1. The van der Waals surface area contributed by atoms with Crippen LogP contribution in [0.15, 0.2) is 72.8 Å². The number of amides is 1. The lowest BCUT2D eigenvalue weighted by atomic mass is 9.88. The number of hydrogen-bond donors (Lipinski definition) is 2. The Morgan fingerprint density at radius 3 is 2.34 bits per heavy atom. The zero-order valence-corrected chi connectivity index (χ0v) is 15.4. The van der Waals surface area contributed by atoms with E-state index >= 15 is 0 Å². The number of aromatic hydroxyl groups is 1. The lowest BCUT2D eigenvalue weighted by Gasteiger charge is -2.23. The molecule has 4 rings (SSSR count). The predicted molar refractivity (Wildman–Crippen MR) is 105 cm³/mol. The summed E-state index contributed by atoms with van der Waals surface area (Å²) in [5, 5.41) is 21.2. The Morgan fingerprint density at radius 1 is 0.966 bits per heavy atom. The van der Waals surface area contributed by atoms with Crippen LogP contribution in [-0.4, -0.2) is 21.9 Å². The summed E-state index contributed by atoms with van der Waals surface area (Å²) in [6.45, 7) is 0.128. The number of carbonyl (C=O) groups is 2. The maximum atomic E-state index is 13.2. The van der Waals surface area contributed by atoms with Crippen molar-refractivity contribution in [3.8, 4) is 5.75 Å². The summed E-state index contributed by atoms with van der Waals surface area (Å²) < 4.78 is 13.2. The Kier molecular flexibility index (Phi) is 4.64. The van der Waals surface area contributed by atoms with Crippen LogP contribution in [0, 0.1) is 5.82 Å².